The number of hydrogen-bond donors (Lipinski definition) is 4. The average molecular weight is 658 g/mol. The molecule has 0 saturated carbocycles. The third-order valence-electron chi connectivity index (χ3n) is 6.27. The SMILES string of the molecule is [B]CCCNC(=O)CNC(=O)[C@@H]1Cc2ccc(cc2)OCCC[C@H](C(=O)NOPI)[C@@H](CCCC)C(=O)N1. The van der Waals surface area contributed by atoms with Gasteiger partial charge in [0.05, 0.1) is 26.9 Å². The van der Waals surface area contributed by atoms with Crippen molar-refractivity contribution in [1.82, 2.24) is 21.4 Å². The molecule has 2 radical (unpaired) electrons. The summed E-state index contributed by atoms with van der Waals surface area (Å²) in [5, 5.41) is 8.20. The summed E-state index contributed by atoms with van der Waals surface area (Å²) in [5.41, 5.74) is 3.28. The average Bonchev–Trinajstić information content (AvgIpc) is 2.91. The van der Waals surface area contributed by atoms with Crippen molar-refractivity contribution in [3.63, 3.8) is 0 Å². The Balaban J connectivity index is 2.28. The Labute approximate surface area is 240 Å². The first kappa shape index (κ1) is 32.3. The first-order chi connectivity index (χ1) is 18.4. The van der Waals surface area contributed by atoms with Gasteiger partial charge >= 0.3 is 0 Å². The number of nitrogens with one attached hydrogen (secondary N) is 4. The summed E-state index contributed by atoms with van der Waals surface area (Å²) < 4.78 is 11.0. The van der Waals surface area contributed by atoms with Crippen LogP contribution in [0.5, 0.6) is 5.75 Å². The van der Waals surface area contributed by atoms with Crippen molar-refractivity contribution in [3.8, 4) is 5.75 Å². The smallest absolute Gasteiger partial charge is 0.247 e. The van der Waals surface area contributed by atoms with Crippen LogP contribution in [0.2, 0.25) is 6.32 Å². The van der Waals surface area contributed by atoms with E-state index in [4.69, 9.17) is 17.2 Å². The van der Waals surface area contributed by atoms with Gasteiger partial charge in [-0.05, 0) is 65.4 Å². The van der Waals surface area contributed by atoms with Crippen LogP contribution in [0.15, 0.2) is 24.3 Å². The molecular formula is C25H37BIN4O6P. The van der Waals surface area contributed by atoms with Gasteiger partial charge in [0.25, 0.3) is 0 Å². The standard InChI is InChI=1S/C25H37BIN4O6P/c1-2-3-6-19-20(24(34)31-37-38-27)7-4-14-36-18-10-8-17(9-11-18)15-21(30-23(19)33)25(35)29-16-22(32)28-13-5-12-26/h8-11,19-21,38H,2-7,12-16H2,1H3,(H,28,32)(H,29,35)(H,30,33)(H,31,34)/t19-,20+,21+/m1/s1. The van der Waals surface area contributed by atoms with Gasteiger partial charge in [0.1, 0.15) is 18.2 Å². The monoisotopic (exact) mass is 658 g/mol. The predicted octanol–water partition coefficient (Wildman–Crippen LogP) is 2.51. The lowest BCUT2D eigenvalue weighted by Crippen LogP contribution is -2.53. The molecule has 0 aliphatic carbocycles. The summed E-state index contributed by atoms with van der Waals surface area (Å²) in [7, 11) is 5.45. The highest BCUT2D eigenvalue weighted by Gasteiger charge is 2.35. The number of amides is 4. The molecule has 0 fully saturated rings. The lowest BCUT2D eigenvalue weighted by atomic mass is 9.83. The minimum Gasteiger partial charge on any atom is -0.494 e. The second-order valence-electron chi connectivity index (χ2n) is 9.11. The van der Waals surface area contributed by atoms with Crippen LogP contribution in [0, 0.1) is 11.8 Å². The molecule has 208 valence electrons. The zero-order chi connectivity index (χ0) is 27.8. The summed E-state index contributed by atoms with van der Waals surface area (Å²) in [5.74, 6) is -2.19. The third-order valence-corrected chi connectivity index (χ3v) is 7.11. The van der Waals surface area contributed by atoms with E-state index < -0.39 is 23.8 Å². The van der Waals surface area contributed by atoms with Crippen LogP contribution >= 0.6 is 28.5 Å². The fourth-order valence-corrected chi connectivity index (χ4v) is 4.69. The minimum absolute atomic E-state index is 0.0330. The summed E-state index contributed by atoms with van der Waals surface area (Å²) in [6.07, 6.45) is 4.35. The van der Waals surface area contributed by atoms with Crippen molar-refractivity contribution in [1.29, 1.82) is 0 Å². The maximum absolute atomic E-state index is 13.6. The van der Waals surface area contributed by atoms with Crippen LogP contribution in [0.25, 0.3) is 0 Å². The molecule has 10 nitrogen and oxygen atoms in total. The summed E-state index contributed by atoms with van der Waals surface area (Å²) in [4.78, 5) is 51.9. The summed E-state index contributed by atoms with van der Waals surface area (Å²) in [6, 6.07) is 6.38. The number of hydroxylamine groups is 1. The largest absolute Gasteiger partial charge is 0.494 e. The van der Waals surface area contributed by atoms with E-state index in [0.29, 0.717) is 50.9 Å². The maximum atomic E-state index is 13.6. The Morgan fingerprint density at radius 3 is 2.63 bits per heavy atom. The van der Waals surface area contributed by atoms with E-state index in [1.54, 1.807) is 0 Å². The molecule has 1 aromatic rings. The number of unbranched alkanes of at least 4 members (excludes halogenated alkanes) is 1. The Morgan fingerprint density at radius 1 is 1.18 bits per heavy atom. The van der Waals surface area contributed by atoms with E-state index in [1.165, 1.54) is 0 Å². The third kappa shape index (κ3) is 11.4. The zero-order valence-electron chi connectivity index (χ0n) is 21.7. The predicted molar refractivity (Wildman–Crippen MR) is 156 cm³/mol. The van der Waals surface area contributed by atoms with Crippen molar-refractivity contribution in [2.75, 3.05) is 19.7 Å². The number of fused-ring (bicyclic) bond motifs is 11. The van der Waals surface area contributed by atoms with Gasteiger partial charge in [0, 0.05) is 18.9 Å². The van der Waals surface area contributed by atoms with E-state index in [-0.39, 0.29) is 37.1 Å². The summed E-state index contributed by atoms with van der Waals surface area (Å²) in [6.45, 7) is 2.65. The lowest BCUT2D eigenvalue weighted by molar-refractivity contribution is -0.140. The zero-order valence-corrected chi connectivity index (χ0v) is 24.9. The molecule has 2 heterocycles. The van der Waals surface area contributed by atoms with Gasteiger partial charge in [-0.25, -0.2) is 10.1 Å². The number of rotatable bonds is 12. The first-order valence-corrected chi connectivity index (χ1v) is 17.0. The molecule has 2 aliphatic rings. The van der Waals surface area contributed by atoms with Crippen LogP contribution < -0.4 is 26.2 Å². The molecule has 38 heavy (non-hydrogen) atoms. The van der Waals surface area contributed by atoms with Gasteiger partial charge in [-0.3, -0.25) is 19.2 Å². The Bertz CT molecular complexity index is 910. The normalized spacial score (nSPS) is 20.3. The highest BCUT2D eigenvalue weighted by atomic mass is 127. The van der Waals surface area contributed by atoms with Gasteiger partial charge in [-0.1, -0.05) is 38.2 Å². The molecule has 3 rings (SSSR count). The molecule has 4 amide bonds. The van der Waals surface area contributed by atoms with E-state index in [2.05, 4.69) is 21.4 Å². The summed E-state index contributed by atoms with van der Waals surface area (Å²) >= 11 is 2.00. The van der Waals surface area contributed by atoms with Crippen LogP contribution in [0.1, 0.15) is 51.0 Å². The van der Waals surface area contributed by atoms with E-state index in [9.17, 15) is 19.2 Å². The van der Waals surface area contributed by atoms with E-state index in [0.717, 1.165) is 18.4 Å². The minimum atomic E-state index is -0.936. The Hall–Kier alpha value is -1.92. The van der Waals surface area contributed by atoms with Gasteiger partial charge < -0.3 is 20.7 Å². The van der Waals surface area contributed by atoms with Gasteiger partial charge in [0.2, 0.25) is 23.6 Å². The quantitative estimate of drug-likeness (QED) is 0.0898. The second kappa shape index (κ2) is 18.4. The van der Waals surface area contributed by atoms with Crippen LogP contribution in [0.4, 0.5) is 0 Å². The van der Waals surface area contributed by atoms with Crippen LogP contribution in [-0.2, 0) is 30.2 Å². The topological polar surface area (TPSA) is 135 Å². The highest BCUT2D eigenvalue weighted by molar-refractivity contribution is 14.2. The molecule has 13 heteroatoms. The number of halogens is 1. The van der Waals surface area contributed by atoms with Crippen LogP contribution in [0.3, 0.4) is 0 Å². The van der Waals surface area contributed by atoms with Crippen LogP contribution in [-0.4, -0.2) is 57.2 Å². The molecule has 2 aliphatic heterocycles. The number of ether oxygens (including phenoxy) is 1. The van der Waals surface area contributed by atoms with Crippen molar-refractivity contribution >= 4 is 60.0 Å². The highest BCUT2D eigenvalue weighted by Crippen LogP contribution is 2.27. The van der Waals surface area contributed by atoms with Gasteiger partial charge in [-0.2, -0.15) is 0 Å². The molecule has 1 aromatic carbocycles. The molecule has 2 bridgehead atoms. The molecule has 1 unspecified atom stereocenters. The Kier molecular flexibility index (Phi) is 15.6. The number of carbonyl (C=O) groups excluding carboxylic acids is 4. The molecule has 4 N–H and O–H groups in total. The lowest BCUT2D eigenvalue weighted by Gasteiger charge is -2.28. The number of hydrogen-bond acceptors (Lipinski definition) is 6. The fraction of sp³-hybridized carbons (Fsp3) is 0.600. The molecule has 0 aromatic heterocycles. The molecular weight excluding hydrogens is 621 g/mol. The molecule has 4 atom stereocenters. The molecule has 0 saturated heterocycles. The first-order valence-electron chi connectivity index (χ1n) is 13.0. The number of carbonyl (C=O) groups is 4. The van der Waals surface area contributed by atoms with E-state index >= 15 is 0 Å². The second-order valence-corrected chi connectivity index (χ2v) is 10.8. The van der Waals surface area contributed by atoms with Crippen molar-refractivity contribution < 1.29 is 28.5 Å². The van der Waals surface area contributed by atoms with Gasteiger partial charge in [0.15, 0.2) is 0 Å². The van der Waals surface area contributed by atoms with Crippen molar-refractivity contribution in [2.24, 2.45) is 11.8 Å². The fourth-order valence-electron chi connectivity index (χ4n) is 4.22. The van der Waals surface area contributed by atoms with Crippen molar-refractivity contribution in [3.05, 3.63) is 29.8 Å². The van der Waals surface area contributed by atoms with Gasteiger partial charge in [-0.15, -0.1) is 0 Å². The van der Waals surface area contributed by atoms with Crippen molar-refractivity contribution in [2.45, 2.75) is 64.2 Å². The number of benzene rings is 1. The molecule has 0 spiro atoms. The van der Waals surface area contributed by atoms with E-state index in [1.807, 2.05) is 53.2 Å². The maximum Gasteiger partial charge on any atom is 0.247 e. The Morgan fingerprint density at radius 2 is 1.95 bits per heavy atom.